The lowest BCUT2D eigenvalue weighted by molar-refractivity contribution is -0.144. The smallest absolute Gasteiger partial charge is 0.320 e. The number of carboxylic acids is 1. The standard InChI is InChI=1S/C16H22FNO3/c1-11(15-12(17)7-6-9-14(15)21-2)18-10-5-3-4-8-13(18)16(19)20/h6-7,9,11,13H,3-5,8,10H2,1-2H3,(H,19,20). The molecule has 2 rings (SSSR count). The van der Waals surface area contributed by atoms with Gasteiger partial charge in [-0.25, -0.2) is 4.39 Å². The van der Waals surface area contributed by atoms with Gasteiger partial charge in [-0.2, -0.15) is 0 Å². The summed E-state index contributed by atoms with van der Waals surface area (Å²) in [6.45, 7) is 2.51. The lowest BCUT2D eigenvalue weighted by Gasteiger charge is -2.33. The minimum atomic E-state index is -0.834. The number of rotatable bonds is 4. The first-order valence-corrected chi connectivity index (χ1v) is 7.37. The molecule has 21 heavy (non-hydrogen) atoms. The number of likely N-dealkylation sites (tertiary alicyclic amines) is 1. The summed E-state index contributed by atoms with van der Waals surface area (Å²) in [7, 11) is 1.50. The molecule has 0 amide bonds. The maximum Gasteiger partial charge on any atom is 0.320 e. The third-order valence-electron chi connectivity index (χ3n) is 4.23. The molecule has 0 saturated carbocycles. The van der Waals surface area contributed by atoms with Crippen LogP contribution in [0.25, 0.3) is 0 Å². The summed E-state index contributed by atoms with van der Waals surface area (Å²) in [6.07, 6.45) is 3.46. The van der Waals surface area contributed by atoms with Gasteiger partial charge in [0.05, 0.1) is 7.11 Å². The van der Waals surface area contributed by atoms with Crippen LogP contribution in [-0.4, -0.2) is 35.7 Å². The summed E-state index contributed by atoms with van der Waals surface area (Å²) in [5.74, 6) is -0.717. The molecule has 2 unspecified atom stereocenters. The first-order chi connectivity index (χ1) is 10.1. The fourth-order valence-electron chi connectivity index (χ4n) is 3.13. The first kappa shape index (κ1) is 15.8. The van der Waals surface area contributed by atoms with Gasteiger partial charge in [0.15, 0.2) is 0 Å². The van der Waals surface area contributed by atoms with E-state index in [9.17, 15) is 14.3 Å². The number of halogens is 1. The van der Waals surface area contributed by atoms with Gasteiger partial charge < -0.3 is 9.84 Å². The SMILES string of the molecule is COc1cccc(F)c1C(C)N1CCCCCC1C(=O)O. The van der Waals surface area contributed by atoms with Crippen molar-refractivity contribution in [1.29, 1.82) is 0 Å². The van der Waals surface area contributed by atoms with E-state index in [0.29, 0.717) is 24.3 Å². The Kier molecular flexibility index (Phi) is 5.17. The van der Waals surface area contributed by atoms with Crippen LogP contribution in [0.2, 0.25) is 0 Å². The van der Waals surface area contributed by atoms with Gasteiger partial charge in [0.2, 0.25) is 0 Å². The highest BCUT2D eigenvalue weighted by Gasteiger charge is 2.33. The molecule has 1 aromatic carbocycles. The van der Waals surface area contributed by atoms with Crippen LogP contribution in [0.4, 0.5) is 4.39 Å². The van der Waals surface area contributed by atoms with E-state index in [1.165, 1.54) is 13.2 Å². The summed E-state index contributed by atoms with van der Waals surface area (Å²) < 4.78 is 19.5. The highest BCUT2D eigenvalue weighted by molar-refractivity contribution is 5.73. The van der Waals surface area contributed by atoms with Gasteiger partial charge in [-0.3, -0.25) is 9.69 Å². The van der Waals surface area contributed by atoms with Crippen molar-refractivity contribution in [3.8, 4) is 5.75 Å². The molecule has 1 aliphatic rings. The van der Waals surface area contributed by atoms with E-state index in [2.05, 4.69) is 0 Å². The van der Waals surface area contributed by atoms with Crippen molar-refractivity contribution in [2.75, 3.05) is 13.7 Å². The zero-order chi connectivity index (χ0) is 15.4. The lowest BCUT2D eigenvalue weighted by atomic mass is 10.0. The molecule has 0 radical (unpaired) electrons. The van der Waals surface area contributed by atoms with Crippen molar-refractivity contribution >= 4 is 5.97 Å². The number of nitrogens with zero attached hydrogens (tertiary/aromatic N) is 1. The number of hydrogen-bond acceptors (Lipinski definition) is 3. The Morgan fingerprint density at radius 2 is 2.19 bits per heavy atom. The minimum Gasteiger partial charge on any atom is -0.496 e. The molecule has 1 N–H and O–H groups in total. The van der Waals surface area contributed by atoms with Crippen molar-refractivity contribution in [2.45, 2.75) is 44.7 Å². The van der Waals surface area contributed by atoms with Crippen LogP contribution in [0, 0.1) is 5.82 Å². The Morgan fingerprint density at radius 3 is 2.86 bits per heavy atom. The zero-order valence-corrected chi connectivity index (χ0v) is 12.5. The second-order valence-electron chi connectivity index (χ2n) is 5.47. The number of methoxy groups -OCH3 is 1. The molecular formula is C16H22FNO3. The number of ether oxygens (including phenoxy) is 1. The minimum absolute atomic E-state index is 0.333. The van der Waals surface area contributed by atoms with Gasteiger partial charge >= 0.3 is 5.97 Å². The van der Waals surface area contributed by atoms with Crippen molar-refractivity contribution < 1.29 is 19.0 Å². The molecule has 0 bridgehead atoms. The number of benzene rings is 1. The summed E-state index contributed by atoms with van der Waals surface area (Å²) in [5, 5.41) is 9.46. The summed E-state index contributed by atoms with van der Waals surface area (Å²) >= 11 is 0. The fraction of sp³-hybridized carbons (Fsp3) is 0.562. The van der Waals surface area contributed by atoms with Crippen LogP contribution in [0.15, 0.2) is 18.2 Å². The molecule has 0 spiro atoms. The van der Waals surface area contributed by atoms with Crippen molar-refractivity contribution in [3.63, 3.8) is 0 Å². The van der Waals surface area contributed by atoms with E-state index in [0.717, 1.165) is 19.3 Å². The lowest BCUT2D eigenvalue weighted by Crippen LogP contribution is -2.42. The molecule has 1 heterocycles. The van der Waals surface area contributed by atoms with E-state index in [4.69, 9.17) is 4.74 Å². The average molecular weight is 295 g/mol. The molecule has 116 valence electrons. The van der Waals surface area contributed by atoms with E-state index < -0.39 is 12.0 Å². The predicted molar refractivity (Wildman–Crippen MR) is 78.0 cm³/mol. The first-order valence-electron chi connectivity index (χ1n) is 7.37. The number of carbonyl (C=O) groups is 1. The Morgan fingerprint density at radius 1 is 1.43 bits per heavy atom. The summed E-state index contributed by atoms with van der Waals surface area (Å²) in [4.78, 5) is 13.4. The van der Waals surface area contributed by atoms with Gasteiger partial charge in [0, 0.05) is 11.6 Å². The third kappa shape index (κ3) is 3.35. The highest BCUT2D eigenvalue weighted by atomic mass is 19.1. The second-order valence-corrected chi connectivity index (χ2v) is 5.47. The van der Waals surface area contributed by atoms with Crippen molar-refractivity contribution in [2.24, 2.45) is 0 Å². The van der Waals surface area contributed by atoms with Crippen LogP contribution in [0.1, 0.15) is 44.2 Å². The van der Waals surface area contributed by atoms with Crippen LogP contribution >= 0.6 is 0 Å². The van der Waals surface area contributed by atoms with Gasteiger partial charge in [-0.1, -0.05) is 18.9 Å². The van der Waals surface area contributed by atoms with Crippen LogP contribution in [0.3, 0.4) is 0 Å². The van der Waals surface area contributed by atoms with E-state index in [1.54, 1.807) is 12.1 Å². The molecule has 2 atom stereocenters. The van der Waals surface area contributed by atoms with Gasteiger partial charge in [-0.15, -0.1) is 0 Å². The number of aliphatic carboxylic acids is 1. The number of hydrogen-bond donors (Lipinski definition) is 1. The molecule has 1 aliphatic heterocycles. The molecule has 1 fully saturated rings. The predicted octanol–water partition coefficient (Wildman–Crippen LogP) is 3.22. The monoisotopic (exact) mass is 295 g/mol. The second kappa shape index (κ2) is 6.89. The Hall–Kier alpha value is -1.62. The topological polar surface area (TPSA) is 49.8 Å². The molecule has 4 nitrogen and oxygen atoms in total. The molecule has 1 saturated heterocycles. The van der Waals surface area contributed by atoms with Gasteiger partial charge in [0.25, 0.3) is 0 Å². The van der Waals surface area contributed by atoms with E-state index >= 15 is 0 Å². The zero-order valence-electron chi connectivity index (χ0n) is 12.5. The Balaban J connectivity index is 2.36. The van der Waals surface area contributed by atoms with Gasteiger partial charge in [0.1, 0.15) is 17.6 Å². The van der Waals surface area contributed by atoms with Crippen LogP contribution in [0.5, 0.6) is 5.75 Å². The maximum absolute atomic E-state index is 14.2. The largest absolute Gasteiger partial charge is 0.496 e. The van der Waals surface area contributed by atoms with Crippen molar-refractivity contribution in [3.05, 3.63) is 29.6 Å². The molecule has 0 aliphatic carbocycles. The third-order valence-corrected chi connectivity index (χ3v) is 4.23. The molecule has 5 heteroatoms. The maximum atomic E-state index is 14.2. The quantitative estimate of drug-likeness (QED) is 0.926. The van der Waals surface area contributed by atoms with Crippen LogP contribution in [-0.2, 0) is 4.79 Å². The molecular weight excluding hydrogens is 273 g/mol. The Bertz CT molecular complexity index is 506. The number of carboxylic acid groups (broad SMARTS) is 1. The van der Waals surface area contributed by atoms with E-state index in [1.807, 2.05) is 11.8 Å². The van der Waals surface area contributed by atoms with Crippen molar-refractivity contribution in [1.82, 2.24) is 4.90 Å². The molecule has 1 aromatic rings. The normalized spacial score (nSPS) is 21.6. The Labute approximate surface area is 124 Å². The fourth-order valence-corrected chi connectivity index (χ4v) is 3.13. The van der Waals surface area contributed by atoms with Gasteiger partial charge in [-0.05, 0) is 38.4 Å². The summed E-state index contributed by atoms with van der Waals surface area (Å²) in [6, 6.07) is 3.80. The average Bonchev–Trinajstić information content (AvgIpc) is 2.72. The van der Waals surface area contributed by atoms with Crippen LogP contribution < -0.4 is 4.74 Å². The highest BCUT2D eigenvalue weighted by Crippen LogP contribution is 2.34. The summed E-state index contributed by atoms with van der Waals surface area (Å²) in [5.41, 5.74) is 0.438. The van der Waals surface area contributed by atoms with E-state index in [-0.39, 0.29) is 11.9 Å². The molecule has 0 aromatic heterocycles.